The first kappa shape index (κ1) is 45.0. The number of piperidine rings is 1. The normalized spacial score (nSPS) is 19.4. The van der Waals surface area contributed by atoms with E-state index in [4.69, 9.17) is 14.2 Å². The van der Waals surface area contributed by atoms with Crippen LogP contribution in [0.3, 0.4) is 0 Å². The van der Waals surface area contributed by atoms with Crippen LogP contribution in [0.5, 0.6) is 23.0 Å². The number of nitrogens with zero attached hydrogens (tertiary/aromatic N) is 8. The Hall–Kier alpha value is -7.17. The van der Waals surface area contributed by atoms with Gasteiger partial charge in [-0.15, -0.1) is 0 Å². The fraction of sp³-hybridized carbons (Fsp3) is 0.375. The van der Waals surface area contributed by atoms with E-state index in [-0.39, 0.29) is 55.0 Å². The molecule has 3 fully saturated rings. The van der Waals surface area contributed by atoms with Crippen molar-refractivity contribution in [2.45, 2.75) is 50.7 Å². The minimum absolute atomic E-state index is 0.0681. The van der Waals surface area contributed by atoms with E-state index in [0.29, 0.717) is 78.7 Å². The molecule has 16 nitrogen and oxygen atoms in total. The molecule has 1 aromatic heterocycles. The van der Waals surface area contributed by atoms with Crippen molar-refractivity contribution in [1.82, 2.24) is 29.8 Å². The number of ether oxygens (including phenoxy) is 3. The van der Waals surface area contributed by atoms with Crippen LogP contribution in [0.1, 0.15) is 64.1 Å². The summed E-state index contributed by atoms with van der Waals surface area (Å²) < 4.78 is 66.0. The van der Waals surface area contributed by atoms with E-state index in [1.165, 1.54) is 28.8 Å². The highest BCUT2D eigenvalue weighted by molar-refractivity contribution is 6.24. The molecule has 348 valence electrons. The van der Waals surface area contributed by atoms with Crippen molar-refractivity contribution < 1.29 is 46.6 Å². The minimum atomic E-state index is -3.02. The number of alkyl halides is 2. The van der Waals surface area contributed by atoms with Crippen LogP contribution in [0.25, 0.3) is 10.9 Å². The molecule has 9 rings (SSSR count). The van der Waals surface area contributed by atoms with Crippen molar-refractivity contribution in [2.75, 3.05) is 69.3 Å². The third-order valence-corrected chi connectivity index (χ3v) is 12.9. The smallest absolute Gasteiger partial charge is 0.329 e. The van der Waals surface area contributed by atoms with Gasteiger partial charge >= 0.3 is 6.03 Å². The van der Waals surface area contributed by atoms with Crippen LogP contribution in [0.15, 0.2) is 72.8 Å². The van der Waals surface area contributed by atoms with Crippen LogP contribution in [-0.4, -0.2) is 120 Å². The number of rotatable bonds is 13. The highest BCUT2D eigenvalue weighted by Gasteiger charge is 2.48. The number of aromatic nitrogens is 2. The van der Waals surface area contributed by atoms with Gasteiger partial charge in [-0.25, -0.2) is 18.0 Å². The lowest BCUT2D eigenvalue weighted by atomic mass is 9.97. The van der Waals surface area contributed by atoms with Gasteiger partial charge in [-0.05, 0) is 66.9 Å². The Balaban J connectivity index is 0.812. The number of anilines is 2. The molecule has 0 aliphatic carbocycles. The number of hydrogen-bond acceptors (Lipinski definition) is 12. The number of aryl methyl sites for hydroxylation is 1. The number of imide groups is 2. The molecule has 0 saturated carbocycles. The van der Waals surface area contributed by atoms with Crippen LogP contribution >= 0.6 is 0 Å². The van der Waals surface area contributed by atoms with Gasteiger partial charge in [0.25, 0.3) is 17.7 Å². The van der Waals surface area contributed by atoms with E-state index in [1.54, 1.807) is 72.6 Å². The maximum absolute atomic E-state index is 16.0. The second-order valence-corrected chi connectivity index (χ2v) is 16.9. The number of piperazine rings is 1. The number of likely N-dealkylation sites (tertiary alicyclic amines) is 1. The standard InChI is InChI=1S/C48H48F3N9O7/c1-4-66-40-24-30(10-13-38(40)65-3)35(14-17-52)60-45(62)32-6-5-7-36(43(32)46(60)63)57-20-22-58(23-21-57)41-15-18-56(28-48(41,50)51)27-29-8-11-31(12-9-29)67-39-26-37-33(25-34(39)49)44(54-55(37)2)59-19-16-42(61)53-47(59)64/h5-13,24-26,35,41H,4,14-16,18-23,27-28H2,1-3H3,(H,53,61,64)/t35-,41+/m1/s1. The fourth-order valence-electron chi connectivity index (χ4n) is 9.63. The number of hydrogen-bond donors (Lipinski definition) is 1. The van der Waals surface area contributed by atoms with Crippen molar-refractivity contribution in [2.24, 2.45) is 7.05 Å². The quantitative estimate of drug-likeness (QED) is 0.125. The number of halogens is 3. The third kappa shape index (κ3) is 8.58. The first-order valence-electron chi connectivity index (χ1n) is 22.1. The number of nitrogens with one attached hydrogen (secondary N) is 1. The lowest BCUT2D eigenvalue weighted by Gasteiger charge is -2.46. The van der Waals surface area contributed by atoms with Gasteiger partial charge in [-0.2, -0.15) is 10.4 Å². The lowest BCUT2D eigenvalue weighted by molar-refractivity contribution is -0.129. The number of methoxy groups -OCH3 is 1. The van der Waals surface area contributed by atoms with E-state index in [9.17, 15) is 24.4 Å². The number of amides is 5. The summed E-state index contributed by atoms with van der Waals surface area (Å²) >= 11 is 0. The highest BCUT2D eigenvalue weighted by Crippen LogP contribution is 2.41. The average molecular weight is 920 g/mol. The molecule has 4 aliphatic rings. The molecule has 0 unspecified atom stereocenters. The van der Waals surface area contributed by atoms with Gasteiger partial charge in [0.2, 0.25) is 5.91 Å². The molecule has 3 saturated heterocycles. The number of carbonyl (C=O) groups excluding carboxylic acids is 4. The lowest BCUT2D eigenvalue weighted by Crippen LogP contribution is -2.61. The first-order chi connectivity index (χ1) is 32.3. The molecular formula is C48H48F3N9O7. The van der Waals surface area contributed by atoms with Gasteiger partial charge in [-0.3, -0.25) is 44.0 Å². The molecule has 4 aromatic carbocycles. The second kappa shape index (κ2) is 18.2. The van der Waals surface area contributed by atoms with Crippen LogP contribution in [-0.2, 0) is 18.4 Å². The molecule has 5 heterocycles. The van der Waals surface area contributed by atoms with Gasteiger partial charge in [0, 0.05) is 70.7 Å². The highest BCUT2D eigenvalue weighted by atomic mass is 19.3. The summed E-state index contributed by atoms with van der Waals surface area (Å²) in [6.07, 6.45) is 0.194. The molecule has 4 aliphatic heterocycles. The van der Waals surface area contributed by atoms with Gasteiger partial charge in [0.1, 0.15) is 5.75 Å². The Morgan fingerprint density at radius 2 is 1.70 bits per heavy atom. The predicted molar refractivity (Wildman–Crippen MR) is 239 cm³/mol. The van der Waals surface area contributed by atoms with E-state index in [0.717, 1.165) is 10.5 Å². The summed E-state index contributed by atoms with van der Waals surface area (Å²) in [6, 6.07) is 19.3. The minimum Gasteiger partial charge on any atom is -0.493 e. The molecule has 1 N–H and O–H groups in total. The molecule has 0 bridgehead atoms. The third-order valence-electron chi connectivity index (χ3n) is 12.9. The molecular weight excluding hydrogens is 872 g/mol. The monoisotopic (exact) mass is 919 g/mol. The SMILES string of the molecule is CCOc1cc([C@@H](CC#N)N2C(=O)c3cccc(N4CCN([C@H]5CCN(Cc6ccc(Oc7cc8c(cc7F)c(N7CCC(=O)NC7=O)nn8C)cc6)CC5(F)F)CC4)c3C2=O)ccc1OC. The van der Waals surface area contributed by atoms with Crippen LogP contribution in [0, 0.1) is 17.1 Å². The Morgan fingerprint density at radius 3 is 2.40 bits per heavy atom. The van der Waals surface area contributed by atoms with Crippen molar-refractivity contribution in [3.8, 4) is 29.1 Å². The number of urea groups is 1. The maximum Gasteiger partial charge on any atom is 0.329 e. The topological polar surface area (TPSA) is 166 Å². The van der Waals surface area contributed by atoms with Crippen molar-refractivity contribution in [3.05, 3.63) is 101 Å². The van der Waals surface area contributed by atoms with Gasteiger partial charge in [0.05, 0.1) is 67.2 Å². The summed E-state index contributed by atoms with van der Waals surface area (Å²) in [5.74, 6) is -3.73. The molecule has 67 heavy (non-hydrogen) atoms. The fourth-order valence-corrected chi connectivity index (χ4v) is 9.63. The largest absolute Gasteiger partial charge is 0.493 e. The van der Waals surface area contributed by atoms with Crippen LogP contribution in [0.2, 0.25) is 0 Å². The molecule has 2 atom stereocenters. The van der Waals surface area contributed by atoms with Crippen molar-refractivity contribution in [1.29, 1.82) is 5.26 Å². The van der Waals surface area contributed by atoms with E-state index in [1.807, 2.05) is 16.7 Å². The molecule has 5 aromatic rings. The Bertz CT molecular complexity index is 2810. The number of nitriles is 1. The van der Waals surface area contributed by atoms with E-state index < -0.39 is 54.1 Å². The van der Waals surface area contributed by atoms with Gasteiger partial charge < -0.3 is 19.1 Å². The molecule has 5 amide bonds. The summed E-state index contributed by atoms with van der Waals surface area (Å²) in [7, 11) is 3.16. The number of fused-ring (bicyclic) bond motifs is 2. The van der Waals surface area contributed by atoms with E-state index >= 15 is 13.2 Å². The molecule has 0 spiro atoms. The zero-order valence-electron chi connectivity index (χ0n) is 37.1. The van der Waals surface area contributed by atoms with E-state index in [2.05, 4.69) is 16.5 Å². The molecule has 19 heteroatoms. The van der Waals surface area contributed by atoms with Crippen molar-refractivity contribution >= 4 is 46.2 Å². The first-order valence-corrected chi connectivity index (χ1v) is 22.1. The average Bonchev–Trinajstić information content (AvgIpc) is 3.76. The van der Waals surface area contributed by atoms with Crippen LogP contribution < -0.4 is 29.3 Å². The zero-order valence-corrected chi connectivity index (χ0v) is 37.1. The number of carbonyl (C=O) groups is 4. The van der Waals surface area contributed by atoms with Gasteiger partial charge in [0.15, 0.2) is 28.9 Å². The predicted octanol–water partition coefficient (Wildman–Crippen LogP) is 6.64. The summed E-state index contributed by atoms with van der Waals surface area (Å²) in [6.45, 7) is 3.95. The maximum atomic E-state index is 16.0. The summed E-state index contributed by atoms with van der Waals surface area (Å²) in [4.78, 5) is 60.2. The zero-order chi connectivity index (χ0) is 47.1. The summed E-state index contributed by atoms with van der Waals surface area (Å²) in [5, 5.41) is 16.8. The van der Waals surface area contributed by atoms with Crippen molar-refractivity contribution in [3.63, 3.8) is 0 Å². The summed E-state index contributed by atoms with van der Waals surface area (Å²) in [5.41, 5.74) is 2.84. The van der Waals surface area contributed by atoms with Gasteiger partial charge in [-0.1, -0.05) is 24.3 Å². The second-order valence-electron chi connectivity index (χ2n) is 16.9. The van der Waals surface area contributed by atoms with Crippen LogP contribution in [0.4, 0.5) is 29.5 Å². The number of benzene rings is 4. The Kier molecular flexibility index (Phi) is 12.3. The Morgan fingerprint density at radius 1 is 0.925 bits per heavy atom. The molecule has 0 radical (unpaired) electrons. The Labute approximate surface area is 383 Å².